The average Bonchev–Trinajstić information content (AvgIpc) is 2.68. The molecule has 2 saturated heterocycles. The molecule has 0 radical (unpaired) electrons. The Kier molecular flexibility index (Phi) is 5.05. The molecule has 18 heavy (non-hydrogen) atoms. The largest absolute Gasteiger partial charge is 0.391 e. The van der Waals surface area contributed by atoms with Crippen LogP contribution < -0.4 is 0 Å². The van der Waals surface area contributed by atoms with Gasteiger partial charge in [-0.05, 0) is 58.5 Å². The summed E-state index contributed by atoms with van der Waals surface area (Å²) in [7, 11) is 0. The molecule has 1 atom stereocenters. The quantitative estimate of drug-likeness (QED) is 0.840. The minimum atomic E-state index is -0.223. The first-order chi connectivity index (χ1) is 8.62. The maximum atomic E-state index is 10.7. The van der Waals surface area contributed by atoms with Gasteiger partial charge in [-0.15, -0.1) is 0 Å². The highest BCUT2D eigenvalue weighted by atomic mass is 16.5. The molecular formula is C15H29NO2. The fourth-order valence-electron chi connectivity index (χ4n) is 3.44. The van der Waals surface area contributed by atoms with Gasteiger partial charge in [0, 0.05) is 18.8 Å². The van der Waals surface area contributed by atoms with Gasteiger partial charge in [-0.25, -0.2) is 0 Å². The van der Waals surface area contributed by atoms with E-state index in [2.05, 4.69) is 18.7 Å². The van der Waals surface area contributed by atoms with Crippen molar-refractivity contribution < 1.29 is 9.84 Å². The molecule has 0 saturated carbocycles. The predicted octanol–water partition coefficient (Wildman–Crippen LogP) is 2.43. The zero-order valence-corrected chi connectivity index (χ0v) is 12.0. The summed E-state index contributed by atoms with van der Waals surface area (Å²) >= 11 is 0. The topological polar surface area (TPSA) is 32.7 Å². The van der Waals surface area contributed by atoms with Crippen molar-refractivity contribution in [1.82, 2.24) is 4.90 Å². The van der Waals surface area contributed by atoms with Gasteiger partial charge in [0.25, 0.3) is 0 Å². The molecule has 106 valence electrons. The normalized spacial score (nSPS) is 26.8. The van der Waals surface area contributed by atoms with Crippen LogP contribution in [0.3, 0.4) is 0 Å². The van der Waals surface area contributed by atoms with Crippen molar-refractivity contribution in [2.24, 2.45) is 5.92 Å². The summed E-state index contributed by atoms with van der Waals surface area (Å²) in [6.45, 7) is 8.37. The van der Waals surface area contributed by atoms with Crippen molar-refractivity contribution in [1.29, 1.82) is 0 Å². The summed E-state index contributed by atoms with van der Waals surface area (Å²) in [4.78, 5) is 2.51. The summed E-state index contributed by atoms with van der Waals surface area (Å²) < 4.78 is 5.40. The van der Waals surface area contributed by atoms with Crippen molar-refractivity contribution in [3.8, 4) is 0 Å². The van der Waals surface area contributed by atoms with Gasteiger partial charge in [0.05, 0.1) is 6.10 Å². The fraction of sp³-hybridized carbons (Fsp3) is 1.00. The Hall–Kier alpha value is -0.120. The van der Waals surface area contributed by atoms with Crippen molar-refractivity contribution in [2.45, 2.75) is 64.0 Å². The second-order valence-electron chi connectivity index (χ2n) is 6.45. The van der Waals surface area contributed by atoms with E-state index in [1.807, 2.05) is 0 Å². The van der Waals surface area contributed by atoms with Gasteiger partial charge in [-0.1, -0.05) is 12.8 Å². The Morgan fingerprint density at radius 3 is 2.17 bits per heavy atom. The molecule has 0 bridgehead atoms. The predicted molar refractivity (Wildman–Crippen MR) is 73.7 cm³/mol. The third-order valence-corrected chi connectivity index (χ3v) is 4.86. The minimum absolute atomic E-state index is 0.0909. The maximum absolute atomic E-state index is 10.7. The van der Waals surface area contributed by atoms with Crippen LogP contribution in [-0.4, -0.2) is 48.0 Å². The van der Waals surface area contributed by atoms with Crippen LogP contribution in [0, 0.1) is 5.92 Å². The van der Waals surface area contributed by atoms with Crippen LogP contribution in [0.1, 0.15) is 52.4 Å². The van der Waals surface area contributed by atoms with Crippen LogP contribution in [0.5, 0.6) is 0 Å². The molecular weight excluding hydrogens is 226 g/mol. The Labute approximate surface area is 112 Å². The van der Waals surface area contributed by atoms with Crippen molar-refractivity contribution in [3.63, 3.8) is 0 Å². The highest BCUT2D eigenvalue weighted by Crippen LogP contribution is 2.31. The summed E-state index contributed by atoms with van der Waals surface area (Å²) in [5.74, 6) is 0.414. The molecule has 1 N–H and O–H groups in total. The summed E-state index contributed by atoms with van der Waals surface area (Å²) in [6.07, 6.45) is 7.06. The van der Waals surface area contributed by atoms with Crippen molar-refractivity contribution >= 4 is 0 Å². The SMILES string of the molecule is CC(C)(C(O)C1CCOCC1)N1CCCCCC1. The van der Waals surface area contributed by atoms with Gasteiger partial charge in [0.15, 0.2) is 0 Å². The molecule has 0 spiro atoms. The van der Waals surface area contributed by atoms with Gasteiger partial charge in [-0.3, -0.25) is 4.90 Å². The molecule has 0 aromatic heterocycles. The van der Waals surface area contributed by atoms with Crippen LogP contribution in [0.2, 0.25) is 0 Å². The van der Waals surface area contributed by atoms with Crippen LogP contribution in [0.15, 0.2) is 0 Å². The van der Waals surface area contributed by atoms with E-state index < -0.39 is 0 Å². The molecule has 2 rings (SSSR count). The number of aliphatic hydroxyl groups excluding tert-OH is 1. The lowest BCUT2D eigenvalue weighted by Crippen LogP contribution is -2.55. The Balaban J connectivity index is 1.98. The molecule has 3 nitrogen and oxygen atoms in total. The Morgan fingerprint density at radius 1 is 1.06 bits per heavy atom. The lowest BCUT2D eigenvalue weighted by molar-refractivity contribution is -0.0700. The molecule has 3 heteroatoms. The van der Waals surface area contributed by atoms with Crippen LogP contribution >= 0.6 is 0 Å². The number of nitrogens with zero attached hydrogens (tertiary/aromatic N) is 1. The first-order valence-electron chi connectivity index (χ1n) is 7.63. The third kappa shape index (κ3) is 3.25. The van der Waals surface area contributed by atoms with Gasteiger partial charge in [0.2, 0.25) is 0 Å². The zero-order chi connectivity index (χ0) is 13.0. The van der Waals surface area contributed by atoms with Crippen LogP contribution in [0.25, 0.3) is 0 Å². The van der Waals surface area contributed by atoms with Gasteiger partial charge < -0.3 is 9.84 Å². The number of aliphatic hydroxyl groups is 1. The van der Waals surface area contributed by atoms with E-state index >= 15 is 0 Å². The van der Waals surface area contributed by atoms with Crippen molar-refractivity contribution in [3.05, 3.63) is 0 Å². The van der Waals surface area contributed by atoms with Crippen LogP contribution in [0.4, 0.5) is 0 Å². The van der Waals surface area contributed by atoms with Gasteiger partial charge >= 0.3 is 0 Å². The van der Waals surface area contributed by atoms with E-state index in [0.717, 1.165) is 39.1 Å². The van der Waals surface area contributed by atoms with E-state index in [1.165, 1.54) is 25.7 Å². The molecule has 2 heterocycles. The number of hydrogen-bond donors (Lipinski definition) is 1. The minimum Gasteiger partial charge on any atom is -0.391 e. The number of likely N-dealkylation sites (tertiary alicyclic amines) is 1. The van der Waals surface area contributed by atoms with E-state index in [-0.39, 0.29) is 11.6 Å². The highest BCUT2D eigenvalue weighted by Gasteiger charge is 2.39. The fourth-order valence-corrected chi connectivity index (χ4v) is 3.44. The summed E-state index contributed by atoms with van der Waals surface area (Å²) in [5, 5.41) is 10.7. The molecule has 0 aliphatic carbocycles. The molecule has 1 unspecified atom stereocenters. The number of rotatable bonds is 3. The van der Waals surface area contributed by atoms with Crippen molar-refractivity contribution in [2.75, 3.05) is 26.3 Å². The highest BCUT2D eigenvalue weighted by molar-refractivity contribution is 4.93. The van der Waals surface area contributed by atoms with E-state index in [0.29, 0.717) is 5.92 Å². The summed E-state index contributed by atoms with van der Waals surface area (Å²) in [6, 6.07) is 0. The zero-order valence-electron chi connectivity index (χ0n) is 12.0. The number of ether oxygens (including phenoxy) is 1. The van der Waals surface area contributed by atoms with Gasteiger partial charge in [-0.2, -0.15) is 0 Å². The summed E-state index contributed by atoms with van der Waals surface area (Å²) in [5.41, 5.74) is -0.0909. The standard InChI is InChI=1S/C15H29NO2/c1-15(2,16-9-5-3-4-6-10-16)14(17)13-7-11-18-12-8-13/h13-14,17H,3-12H2,1-2H3. The van der Waals surface area contributed by atoms with Gasteiger partial charge in [0.1, 0.15) is 0 Å². The molecule has 0 amide bonds. The molecule has 0 aromatic rings. The van der Waals surface area contributed by atoms with E-state index in [9.17, 15) is 5.11 Å². The second-order valence-corrected chi connectivity index (χ2v) is 6.45. The van der Waals surface area contributed by atoms with Crippen LogP contribution in [-0.2, 0) is 4.74 Å². The first-order valence-corrected chi connectivity index (χ1v) is 7.63. The Bertz CT molecular complexity index is 241. The molecule has 2 aliphatic heterocycles. The smallest absolute Gasteiger partial charge is 0.0748 e. The molecule has 0 aromatic carbocycles. The average molecular weight is 255 g/mol. The third-order valence-electron chi connectivity index (χ3n) is 4.86. The Morgan fingerprint density at radius 2 is 1.61 bits per heavy atom. The molecule has 2 fully saturated rings. The monoisotopic (exact) mass is 255 g/mol. The first kappa shape index (κ1) is 14.3. The van der Waals surface area contributed by atoms with E-state index in [1.54, 1.807) is 0 Å². The van der Waals surface area contributed by atoms with E-state index in [4.69, 9.17) is 4.74 Å². The lowest BCUT2D eigenvalue weighted by Gasteiger charge is -2.45. The molecule has 2 aliphatic rings. The lowest BCUT2D eigenvalue weighted by atomic mass is 9.81. The maximum Gasteiger partial charge on any atom is 0.0748 e. The second kappa shape index (κ2) is 6.36. The number of hydrogen-bond acceptors (Lipinski definition) is 3.